The van der Waals surface area contributed by atoms with Gasteiger partial charge in [0.15, 0.2) is 0 Å². The number of aromatic carboxylic acids is 1. The van der Waals surface area contributed by atoms with Crippen LogP contribution in [0.15, 0.2) is 18.2 Å². The second kappa shape index (κ2) is 4.40. The first kappa shape index (κ1) is 12.3. The van der Waals surface area contributed by atoms with Gasteiger partial charge in [-0.1, -0.05) is 0 Å². The average Bonchev–Trinajstić information content (AvgIpc) is 2.15. The predicted octanol–water partition coefficient (Wildman–Crippen LogP) is 0.765. The number of ether oxygens (including phenoxy) is 1. The molecule has 0 aromatic heterocycles. The maximum Gasteiger partial charge on any atom is 0.337 e. The van der Waals surface area contributed by atoms with E-state index in [2.05, 4.69) is 4.72 Å². The van der Waals surface area contributed by atoms with Crippen LogP contribution < -0.4 is 9.46 Å². The number of hydrogen-bond acceptors (Lipinski definition) is 4. The molecule has 0 bridgehead atoms. The number of sulfonamides is 1. The molecule has 6 nitrogen and oxygen atoms in total. The van der Waals surface area contributed by atoms with Gasteiger partial charge < -0.3 is 9.84 Å². The zero-order chi connectivity index (χ0) is 12.3. The van der Waals surface area contributed by atoms with Crippen molar-refractivity contribution in [2.45, 2.75) is 0 Å². The highest BCUT2D eigenvalue weighted by atomic mass is 32.2. The number of carbonyl (C=O) groups is 1. The molecule has 0 aliphatic rings. The van der Waals surface area contributed by atoms with Crippen LogP contribution in [0.4, 0.5) is 5.69 Å². The van der Waals surface area contributed by atoms with Crippen molar-refractivity contribution in [1.82, 2.24) is 0 Å². The van der Waals surface area contributed by atoms with Crippen LogP contribution in [-0.4, -0.2) is 32.9 Å². The van der Waals surface area contributed by atoms with Gasteiger partial charge in [-0.2, -0.15) is 0 Å². The minimum Gasteiger partial charge on any atom is -0.497 e. The van der Waals surface area contributed by atoms with Crippen LogP contribution in [0.3, 0.4) is 0 Å². The molecule has 1 aromatic rings. The van der Waals surface area contributed by atoms with E-state index < -0.39 is 16.0 Å². The zero-order valence-corrected chi connectivity index (χ0v) is 9.54. The smallest absolute Gasteiger partial charge is 0.337 e. The SMILES string of the molecule is COc1ccc(NS(C)(=O)=O)c(C(=O)O)c1. The summed E-state index contributed by atoms with van der Waals surface area (Å²) in [5.41, 5.74) is -0.152. The number of methoxy groups -OCH3 is 1. The van der Waals surface area contributed by atoms with Crippen LogP contribution in [0.2, 0.25) is 0 Å². The second-order valence-electron chi connectivity index (χ2n) is 3.09. The molecule has 0 radical (unpaired) electrons. The van der Waals surface area contributed by atoms with Gasteiger partial charge in [0.2, 0.25) is 10.0 Å². The lowest BCUT2D eigenvalue weighted by Crippen LogP contribution is -2.13. The summed E-state index contributed by atoms with van der Waals surface area (Å²) in [6.07, 6.45) is 0.947. The van der Waals surface area contributed by atoms with Gasteiger partial charge in [-0.15, -0.1) is 0 Å². The molecule has 2 N–H and O–H groups in total. The van der Waals surface area contributed by atoms with Crippen molar-refractivity contribution >= 4 is 21.7 Å². The summed E-state index contributed by atoms with van der Waals surface area (Å²) in [5, 5.41) is 8.89. The highest BCUT2D eigenvalue weighted by molar-refractivity contribution is 7.92. The van der Waals surface area contributed by atoms with E-state index in [0.717, 1.165) is 6.26 Å². The Bertz CT molecular complexity index is 509. The highest BCUT2D eigenvalue weighted by Gasteiger charge is 2.14. The number of rotatable bonds is 4. The first-order valence-electron chi connectivity index (χ1n) is 4.22. The number of nitrogens with one attached hydrogen (secondary N) is 1. The first-order chi connectivity index (χ1) is 7.33. The Labute approximate surface area is 92.9 Å². The van der Waals surface area contributed by atoms with Crippen LogP contribution in [0.5, 0.6) is 5.75 Å². The maximum absolute atomic E-state index is 11.0. The summed E-state index contributed by atoms with van der Waals surface area (Å²) in [7, 11) is -2.11. The molecule has 0 atom stereocenters. The standard InChI is InChI=1S/C9H11NO5S/c1-15-6-3-4-8(10-16(2,13)14)7(5-6)9(11)12/h3-5,10H,1-2H3,(H,11,12). The maximum atomic E-state index is 11.0. The molecule has 0 saturated carbocycles. The Morgan fingerprint density at radius 3 is 2.50 bits per heavy atom. The van der Waals surface area contributed by atoms with Gasteiger partial charge in [0.05, 0.1) is 24.6 Å². The summed E-state index contributed by atoms with van der Waals surface area (Å²) in [5.74, 6) is -0.887. The molecule has 16 heavy (non-hydrogen) atoms. The fourth-order valence-corrected chi connectivity index (χ4v) is 1.69. The van der Waals surface area contributed by atoms with Gasteiger partial charge in [0.25, 0.3) is 0 Å². The number of anilines is 1. The van der Waals surface area contributed by atoms with Crippen molar-refractivity contribution in [3.8, 4) is 5.75 Å². The van der Waals surface area contributed by atoms with Gasteiger partial charge in [-0.05, 0) is 18.2 Å². The molecule has 0 aliphatic heterocycles. The summed E-state index contributed by atoms with van der Waals surface area (Å²) >= 11 is 0. The van der Waals surface area contributed by atoms with Crippen LogP contribution >= 0.6 is 0 Å². The fourth-order valence-electron chi connectivity index (χ4n) is 1.12. The molecule has 0 amide bonds. The lowest BCUT2D eigenvalue weighted by atomic mass is 10.2. The minimum absolute atomic E-state index is 0.0100. The van der Waals surface area contributed by atoms with Gasteiger partial charge in [-0.3, -0.25) is 4.72 Å². The fraction of sp³-hybridized carbons (Fsp3) is 0.222. The summed E-state index contributed by atoms with van der Waals surface area (Å²) in [6.45, 7) is 0. The number of carboxylic acids is 1. The highest BCUT2D eigenvalue weighted by Crippen LogP contribution is 2.22. The monoisotopic (exact) mass is 245 g/mol. The molecule has 0 heterocycles. The number of hydrogen-bond donors (Lipinski definition) is 2. The molecular formula is C9H11NO5S. The van der Waals surface area contributed by atoms with Crippen LogP contribution in [0.25, 0.3) is 0 Å². The van der Waals surface area contributed by atoms with E-state index >= 15 is 0 Å². The number of carboxylic acid groups (broad SMARTS) is 1. The van der Waals surface area contributed by atoms with E-state index in [1.54, 1.807) is 0 Å². The van der Waals surface area contributed by atoms with Crippen LogP contribution in [0, 0.1) is 0 Å². The number of benzene rings is 1. The van der Waals surface area contributed by atoms with E-state index in [1.807, 2.05) is 0 Å². The van der Waals surface area contributed by atoms with Gasteiger partial charge in [0.1, 0.15) is 5.75 Å². The van der Waals surface area contributed by atoms with E-state index in [-0.39, 0.29) is 11.3 Å². The van der Waals surface area contributed by atoms with Gasteiger partial charge >= 0.3 is 5.97 Å². The quantitative estimate of drug-likeness (QED) is 0.817. The summed E-state index contributed by atoms with van der Waals surface area (Å²) in [4.78, 5) is 10.9. The molecule has 1 aromatic carbocycles. The zero-order valence-electron chi connectivity index (χ0n) is 8.72. The Balaban J connectivity index is 3.23. The van der Waals surface area contributed by atoms with E-state index in [0.29, 0.717) is 5.75 Å². The normalized spacial score (nSPS) is 10.9. The molecule has 7 heteroatoms. The largest absolute Gasteiger partial charge is 0.497 e. The molecule has 0 unspecified atom stereocenters. The second-order valence-corrected chi connectivity index (χ2v) is 4.84. The van der Waals surface area contributed by atoms with Crippen molar-refractivity contribution in [3.63, 3.8) is 0 Å². The third kappa shape index (κ3) is 3.13. The molecular weight excluding hydrogens is 234 g/mol. The summed E-state index contributed by atoms with van der Waals surface area (Å²) in [6, 6.07) is 4.05. The van der Waals surface area contributed by atoms with Gasteiger partial charge in [-0.25, -0.2) is 13.2 Å². The van der Waals surface area contributed by atoms with Gasteiger partial charge in [0, 0.05) is 0 Å². The van der Waals surface area contributed by atoms with Crippen molar-refractivity contribution in [3.05, 3.63) is 23.8 Å². The molecule has 0 spiro atoms. The summed E-state index contributed by atoms with van der Waals surface area (Å²) < 4.78 is 29.0. The molecule has 0 fully saturated rings. The predicted molar refractivity (Wildman–Crippen MR) is 58.4 cm³/mol. The van der Waals surface area contributed by atoms with E-state index in [4.69, 9.17) is 9.84 Å². The van der Waals surface area contributed by atoms with Crippen LogP contribution in [0.1, 0.15) is 10.4 Å². The third-order valence-electron chi connectivity index (χ3n) is 1.75. The van der Waals surface area contributed by atoms with Crippen molar-refractivity contribution in [2.24, 2.45) is 0 Å². The van der Waals surface area contributed by atoms with Crippen LogP contribution in [-0.2, 0) is 10.0 Å². The van der Waals surface area contributed by atoms with Crippen molar-refractivity contribution in [1.29, 1.82) is 0 Å². The lowest BCUT2D eigenvalue weighted by molar-refractivity contribution is 0.0697. The van der Waals surface area contributed by atoms with Crippen molar-refractivity contribution < 1.29 is 23.1 Å². The van der Waals surface area contributed by atoms with Crippen molar-refractivity contribution in [2.75, 3.05) is 18.1 Å². The lowest BCUT2D eigenvalue weighted by Gasteiger charge is -2.09. The Kier molecular flexibility index (Phi) is 3.38. The first-order valence-corrected chi connectivity index (χ1v) is 6.12. The van der Waals surface area contributed by atoms with E-state index in [1.165, 1.54) is 25.3 Å². The third-order valence-corrected chi connectivity index (χ3v) is 2.34. The Hall–Kier alpha value is -1.76. The Morgan fingerprint density at radius 1 is 1.44 bits per heavy atom. The average molecular weight is 245 g/mol. The topological polar surface area (TPSA) is 92.7 Å². The van der Waals surface area contributed by atoms with E-state index in [9.17, 15) is 13.2 Å². The molecule has 0 aliphatic carbocycles. The molecule has 0 saturated heterocycles. The molecule has 1 rings (SSSR count). The minimum atomic E-state index is -3.51. The molecule has 88 valence electrons. The Morgan fingerprint density at radius 2 is 2.06 bits per heavy atom.